The summed E-state index contributed by atoms with van der Waals surface area (Å²) in [5.41, 5.74) is 4.63. The first-order valence-corrected chi connectivity index (χ1v) is 8.74. The largest absolute Gasteiger partial charge is 0.338 e. The van der Waals surface area contributed by atoms with Gasteiger partial charge in [0.1, 0.15) is 17.3 Å². The number of H-pyrrole nitrogens is 1. The van der Waals surface area contributed by atoms with E-state index >= 15 is 0 Å². The van der Waals surface area contributed by atoms with Gasteiger partial charge in [0.25, 0.3) is 0 Å². The van der Waals surface area contributed by atoms with Crippen LogP contribution in [0.1, 0.15) is 0 Å². The molecule has 0 aliphatic rings. The average Bonchev–Trinajstić information content (AvgIpc) is 3.10. The standard InChI is InChI=1S/C21H12ClFN4/c22-13-7-10-17-18(11-13)25-21(24-17)19-15-3-1-2-4-16(15)26-27-20(19)12-5-8-14(23)9-6-12/h1-11H,(H,24,25). The number of aromatic amines is 1. The molecule has 3 aromatic carbocycles. The lowest BCUT2D eigenvalue weighted by Crippen LogP contribution is -1.96. The molecule has 0 atom stereocenters. The lowest BCUT2D eigenvalue weighted by Gasteiger charge is -2.09. The molecule has 130 valence electrons. The number of halogens is 2. The van der Waals surface area contributed by atoms with Gasteiger partial charge in [0, 0.05) is 16.0 Å². The number of nitrogens with one attached hydrogen (secondary N) is 1. The Hall–Kier alpha value is -3.31. The van der Waals surface area contributed by atoms with E-state index in [1.165, 1.54) is 12.1 Å². The molecular formula is C21H12ClFN4. The van der Waals surface area contributed by atoms with Crippen LogP contribution < -0.4 is 0 Å². The fraction of sp³-hybridized carbons (Fsp3) is 0. The number of rotatable bonds is 2. The Labute approximate surface area is 158 Å². The zero-order valence-corrected chi connectivity index (χ0v) is 14.7. The van der Waals surface area contributed by atoms with Crippen molar-refractivity contribution in [3.05, 3.63) is 77.6 Å². The Morgan fingerprint density at radius 3 is 2.52 bits per heavy atom. The lowest BCUT2D eigenvalue weighted by atomic mass is 10.0. The maximum absolute atomic E-state index is 13.4. The van der Waals surface area contributed by atoms with E-state index in [0.29, 0.717) is 16.5 Å². The van der Waals surface area contributed by atoms with Gasteiger partial charge in [0.2, 0.25) is 0 Å². The number of hydrogen-bond donors (Lipinski definition) is 1. The number of benzene rings is 3. The number of nitrogens with zero attached hydrogens (tertiary/aromatic N) is 3. The molecule has 1 N–H and O–H groups in total. The molecule has 0 saturated heterocycles. The summed E-state index contributed by atoms with van der Waals surface area (Å²) in [6.07, 6.45) is 0. The summed E-state index contributed by atoms with van der Waals surface area (Å²) in [5.74, 6) is 0.366. The normalized spacial score (nSPS) is 11.3. The molecule has 5 rings (SSSR count). The van der Waals surface area contributed by atoms with Crippen LogP contribution in [0.2, 0.25) is 5.02 Å². The van der Waals surface area contributed by atoms with Crippen LogP contribution in [0.3, 0.4) is 0 Å². The Kier molecular flexibility index (Phi) is 3.62. The van der Waals surface area contributed by atoms with Crippen molar-refractivity contribution < 1.29 is 4.39 Å². The van der Waals surface area contributed by atoms with Crippen molar-refractivity contribution in [1.82, 2.24) is 20.2 Å². The molecule has 2 aromatic heterocycles. The fourth-order valence-corrected chi connectivity index (χ4v) is 3.38. The molecule has 6 heteroatoms. The summed E-state index contributed by atoms with van der Waals surface area (Å²) >= 11 is 6.11. The van der Waals surface area contributed by atoms with Gasteiger partial charge in [-0.3, -0.25) is 0 Å². The third-order valence-electron chi connectivity index (χ3n) is 4.47. The second-order valence-electron chi connectivity index (χ2n) is 6.19. The van der Waals surface area contributed by atoms with Gasteiger partial charge in [-0.15, -0.1) is 10.2 Å². The third-order valence-corrected chi connectivity index (χ3v) is 4.70. The van der Waals surface area contributed by atoms with Gasteiger partial charge in [-0.2, -0.15) is 0 Å². The number of imidazole rings is 1. The van der Waals surface area contributed by atoms with E-state index in [1.807, 2.05) is 36.4 Å². The van der Waals surface area contributed by atoms with Crippen molar-refractivity contribution in [3.8, 4) is 22.6 Å². The minimum absolute atomic E-state index is 0.299. The fourth-order valence-electron chi connectivity index (χ4n) is 3.20. The van der Waals surface area contributed by atoms with Crippen LogP contribution in [0, 0.1) is 5.82 Å². The molecular weight excluding hydrogens is 363 g/mol. The molecule has 0 aliphatic carbocycles. The second-order valence-corrected chi connectivity index (χ2v) is 6.63. The third kappa shape index (κ3) is 2.73. The van der Waals surface area contributed by atoms with Crippen molar-refractivity contribution in [2.75, 3.05) is 0 Å². The number of hydrogen-bond acceptors (Lipinski definition) is 3. The molecule has 0 radical (unpaired) electrons. The maximum atomic E-state index is 13.4. The molecule has 27 heavy (non-hydrogen) atoms. The van der Waals surface area contributed by atoms with Crippen LogP contribution in [0.15, 0.2) is 66.7 Å². The van der Waals surface area contributed by atoms with E-state index in [-0.39, 0.29) is 5.82 Å². The summed E-state index contributed by atoms with van der Waals surface area (Å²) < 4.78 is 13.4. The van der Waals surface area contributed by atoms with Crippen molar-refractivity contribution in [2.24, 2.45) is 0 Å². The summed E-state index contributed by atoms with van der Waals surface area (Å²) in [5, 5.41) is 10.3. The number of aromatic nitrogens is 4. The SMILES string of the molecule is Fc1ccc(-c2nnc3ccccc3c2-c2nc3ccc(Cl)cc3[nH]2)cc1. The summed E-state index contributed by atoms with van der Waals surface area (Å²) in [7, 11) is 0. The van der Waals surface area contributed by atoms with E-state index in [2.05, 4.69) is 15.2 Å². The van der Waals surface area contributed by atoms with Crippen LogP contribution in [0.4, 0.5) is 4.39 Å². The molecule has 4 nitrogen and oxygen atoms in total. The highest BCUT2D eigenvalue weighted by Gasteiger charge is 2.18. The van der Waals surface area contributed by atoms with Crippen molar-refractivity contribution in [2.45, 2.75) is 0 Å². The summed E-state index contributed by atoms with van der Waals surface area (Å²) in [6, 6.07) is 19.5. The zero-order chi connectivity index (χ0) is 18.4. The highest BCUT2D eigenvalue weighted by molar-refractivity contribution is 6.31. The van der Waals surface area contributed by atoms with Gasteiger partial charge in [0.05, 0.1) is 22.1 Å². The van der Waals surface area contributed by atoms with E-state index in [0.717, 1.165) is 33.1 Å². The van der Waals surface area contributed by atoms with E-state index < -0.39 is 0 Å². The molecule has 0 amide bonds. The van der Waals surface area contributed by atoms with Crippen molar-refractivity contribution in [1.29, 1.82) is 0 Å². The van der Waals surface area contributed by atoms with Gasteiger partial charge in [-0.05, 0) is 48.5 Å². The molecule has 0 fully saturated rings. The molecule has 0 unspecified atom stereocenters. The smallest absolute Gasteiger partial charge is 0.141 e. The minimum atomic E-state index is -0.299. The van der Waals surface area contributed by atoms with Gasteiger partial charge in [-0.1, -0.05) is 29.8 Å². The Bertz CT molecular complexity index is 1300. The van der Waals surface area contributed by atoms with Crippen molar-refractivity contribution >= 4 is 33.5 Å². The molecule has 0 aliphatic heterocycles. The first-order valence-electron chi connectivity index (χ1n) is 8.36. The minimum Gasteiger partial charge on any atom is -0.338 e. The average molecular weight is 375 g/mol. The van der Waals surface area contributed by atoms with Crippen LogP contribution >= 0.6 is 11.6 Å². The molecule has 2 heterocycles. The van der Waals surface area contributed by atoms with Crippen molar-refractivity contribution in [3.63, 3.8) is 0 Å². The second kappa shape index (κ2) is 6.14. The van der Waals surface area contributed by atoms with Crippen LogP contribution in [-0.4, -0.2) is 20.2 Å². The maximum Gasteiger partial charge on any atom is 0.141 e. The number of fused-ring (bicyclic) bond motifs is 2. The topological polar surface area (TPSA) is 54.5 Å². The van der Waals surface area contributed by atoms with E-state index in [4.69, 9.17) is 16.6 Å². The molecule has 0 bridgehead atoms. The van der Waals surface area contributed by atoms with Crippen LogP contribution in [0.5, 0.6) is 0 Å². The van der Waals surface area contributed by atoms with E-state index in [1.54, 1.807) is 18.2 Å². The van der Waals surface area contributed by atoms with Crippen LogP contribution in [0.25, 0.3) is 44.6 Å². The van der Waals surface area contributed by atoms with Crippen LogP contribution in [-0.2, 0) is 0 Å². The highest BCUT2D eigenvalue weighted by atomic mass is 35.5. The molecule has 5 aromatic rings. The highest BCUT2D eigenvalue weighted by Crippen LogP contribution is 2.35. The first-order chi connectivity index (χ1) is 13.2. The zero-order valence-electron chi connectivity index (χ0n) is 13.9. The van der Waals surface area contributed by atoms with Gasteiger partial charge < -0.3 is 4.98 Å². The van der Waals surface area contributed by atoms with E-state index in [9.17, 15) is 4.39 Å². The monoisotopic (exact) mass is 374 g/mol. The lowest BCUT2D eigenvalue weighted by molar-refractivity contribution is 0.628. The van der Waals surface area contributed by atoms with Gasteiger partial charge in [0.15, 0.2) is 0 Å². The molecule has 0 spiro atoms. The predicted molar refractivity (Wildman–Crippen MR) is 105 cm³/mol. The summed E-state index contributed by atoms with van der Waals surface area (Å²) in [4.78, 5) is 8.05. The van der Waals surface area contributed by atoms with Gasteiger partial charge >= 0.3 is 0 Å². The summed E-state index contributed by atoms with van der Waals surface area (Å²) in [6.45, 7) is 0. The van der Waals surface area contributed by atoms with Gasteiger partial charge in [-0.25, -0.2) is 9.37 Å². The first kappa shape index (κ1) is 15.9. The Balaban J connectivity index is 1.84. The Morgan fingerprint density at radius 2 is 1.67 bits per heavy atom. The Morgan fingerprint density at radius 1 is 0.852 bits per heavy atom. The predicted octanol–water partition coefficient (Wildman–Crippen LogP) is 5.63. The molecule has 0 saturated carbocycles. The quantitative estimate of drug-likeness (QED) is 0.435.